The molecule has 1 aromatic rings. The van der Waals surface area contributed by atoms with E-state index in [0.717, 1.165) is 19.3 Å². The van der Waals surface area contributed by atoms with Crippen LogP contribution in [0.25, 0.3) is 0 Å². The van der Waals surface area contributed by atoms with Crippen LogP contribution in [0, 0.1) is 11.8 Å². The molecule has 28 heavy (non-hydrogen) atoms. The third kappa shape index (κ3) is 6.08. The van der Waals surface area contributed by atoms with Gasteiger partial charge in [0, 0.05) is 32.4 Å². The predicted octanol–water partition coefficient (Wildman–Crippen LogP) is 3.47. The molecule has 0 bridgehead atoms. The van der Waals surface area contributed by atoms with Gasteiger partial charge in [-0.15, -0.1) is 0 Å². The smallest absolute Gasteiger partial charge is 0.341 e. The van der Waals surface area contributed by atoms with Crippen LogP contribution in [-0.2, 0) is 23.7 Å². The maximum atomic E-state index is 12.7. The van der Waals surface area contributed by atoms with Crippen LogP contribution in [0.15, 0.2) is 24.3 Å². The lowest BCUT2D eigenvalue weighted by Gasteiger charge is -2.38. The van der Waals surface area contributed by atoms with Gasteiger partial charge in [0.1, 0.15) is 6.10 Å². The number of ether oxygens (including phenoxy) is 4. The molecule has 2 rings (SSSR count). The third-order valence-electron chi connectivity index (χ3n) is 4.49. The van der Waals surface area contributed by atoms with Crippen molar-refractivity contribution in [1.29, 1.82) is 0 Å². The van der Waals surface area contributed by atoms with Crippen molar-refractivity contribution < 1.29 is 28.5 Å². The fourth-order valence-corrected chi connectivity index (χ4v) is 3.04. The highest BCUT2D eigenvalue weighted by Gasteiger charge is 2.40. The first kappa shape index (κ1) is 21.9. The van der Waals surface area contributed by atoms with Crippen LogP contribution in [0.4, 0.5) is 0 Å². The van der Waals surface area contributed by atoms with Crippen LogP contribution in [0.1, 0.15) is 62.4 Å². The third-order valence-corrected chi connectivity index (χ3v) is 4.49. The van der Waals surface area contributed by atoms with Crippen LogP contribution in [0.3, 0.4) is 0 Å². The lowest BCUT2D eigenvalue weighted by atomic mass is 10.0. The number of rotatable bonds is 6. The fraction of sp³-hybridized carbons (Fsp3) is 0.545. The van der Waals surface area contributed by atoms with Crippen molar-refractivity contribution in [3.05, 3.63) is 35.4 Å². The second-order valence-electron chi connectivity index (χ2n) is 6.71. The first-order valence-corrected chi connectivity index (χ1v) is 9.60. The van der Waals surface area contributed by atoms with Crippen LogP contribution >= 0.6 is 0 Å². The highest BCUT2D eigenvalue weighted by Crippen LogP contribution is 2.26. The average molecular weight is 388 g/mol. The molecule has 1 saturated heterocycles. The van der Waals surface area contributed by atoms with E-state index in [1.807, 2.05) is 6.07 Å². The van der Waals surface area contributed by atoms with E-state index in [1.165, 1.54) is 14.0 Å². The summed E-state index contributed by atoms with van der Waals surface area (Å²) >= 11 is 0. The standard InChI is InChI=1S/C22H28O6/c1-5-6-7-8-11-17-12-9-10-13-18(17)22(24)28-20-14-19(25-4)21(15(2)26-20)27-16(3)23/h9-10,12-13,15,19-21H,5-7,14H2,1-4H3/t15-,19-,20-,21-/m0/s1. The molecule has 152 valence electrons. The number of hydrogen-bond donors (Lipinski definition) is 0. The number of carbonyl (C=O) groups is 2. The van der Waals surface area contributed by atoms with Crippen molar-refractivity contribution in [3.63, 3.8) is 0 Å². The van der Waals surface area contributed by atoms with Crippen molar-refractivity contribution in [2.75, 3.05) is 7.11 Å². The first-order chi connectivity index (χ1) is 13.5. The molecule has 0 N–H and O–H groups in total. The summed E-state index contributed by atoms with van der Waals surface area (Å²) in [5.41, 5.74) is 1.03. The maximum Gasteiger partial charge on any atom is 0.341 e. The molecule has 1 aromatic carbocycles. The minimum Gasteiger partial charge on any atom is -0.457 e. The fourth-order valence-electron chi connectivity index (χ4n) is 3.04. The van der Waals surface area contributed by atoms with Gasteiger partial charge in [-0.3, -0.25) is 4.79 Å². The van der Waals surface area contributed by atoms with Crippen LogP contribution in [0.5, 0.6) is 0 Å². The van der Waals surface area contributed by atoms with Crippen molar-refractivity contribution in [2.45, 2.75) is 71.1 Å². The first-order valence-electron chi connectivity index (χ1n) is 9.60. The Kier molecular flexibility index (Phi) is 8.49. The zero-order valence-corrected chi connectivity index (χ0v) is 16.9. The zero-order valence-electron chi connectivity index (χ0n) is 16.9. The van der Waals surface area contributed by atoms with Gasteiger partial charge in [-0.25, -0.2) is 4.79 Å². The largest absolute Gasteiger partial charge is 0.457 e. The average Bonchev–Trinajstić information content (AvgIpc) is 2.67. The molecule has 0 spiro atoms. The van der Waals surface area contributed by atoms with Crippen molar-refractivity contribution >= 4 is 11.9 Å². The predicted molar refractivity (Wildman–Crippen MR) is 104 cm³/mol. The Labute approximate surface area is 166 Å². The number of benzene rings is 1. The topological polar surface area (TPSA) is 71.1 Å². The Morgan fingerprint density at radius 3 is 2.68 bits per heavy atom. The van der Waals surface area contributed by atoms with Gasteiger partial charge in [0.15, 0.2) is 6.10 Å². The van der Waals surface area contributed by atoms with Gasteiger partial charge in [-0.1, -0.05) is 37.3 Å². The normalized spacial score (nSPS) is 24.0. The monoisotopic (exact) mass is 388 g/mol. The van der Waals surface area contributed by atoms with E-state index in [-0.39, 0.29) is 6.42 Å². The molecule has 1 fully saturated rings. The molecule has 1 aliphatic heterocycles. The second kappa shape index (κ2) is 10.8. The van der Waals surface area contributed by atoms with Crippen molar-refractivity contribution in [3.8, 4) is 11.8 Å². The Balaban J connectivity index is 2.07. The molecule has 6 heteroatoms. The molecule has 0 amide bonds. The van der Waals surface area contributed by atoms with Crippen molar-refractivity contribution in [2.24, 2.45) is 0 Å². The highest BCUT2D eigenvalue weighted by molar-refractivity contribution is 5.92. The Bertz CT molecular complexity index is 732. The molecule has 6 nitrogen and oxygen atoms in total. The molecule has 0 aromatic heterocycles. The molecule has 0 saturated carbocycles. The minimum atomic E-state index is -0.791. The van der Waals surface area contributed by atoms with E-state index in [4.69, 9.17) is 18.9 Å². The van der Waals surface area contributed by atoms with Crippen LogP contribution in [0.2, 0.25) is 0 Å². The van der Waals surface area contributed by atoms with Gasteiger partial charge in [-0.2, -0.15) is 0 Å². The quantitative estimate of drug-likeness (QED) is 0.422. The van der Waals surface area contributed by atoms with Gasteiger partial charge in [0.2, 0.25) is 6.29 Å². The summed E-state index contributed by atoms with van der Waals surface area (Å²) in [5, 5.41) is 0. The van der Waals surface area contributed by atoms with E-state index in [0.29, 0.717) is 11.1 Å². The van der Waals surface area contributed by atoms with Gasteiger partial charge in [0.25, 0.3) is 0 Å². The maximum absolute atomic E-state index is 12.7. The summed E-state index contributed by atoms with van der Waals surface area (Å²) < 4.78 is 22.0. The van der Waals surface area contributed by atoms with Gasteiger partial charge in [0.05, 0.1) is 11.7 Å². The van der Waals surface area contributed by atoms with Gasteiger partial charge in [-0.05, 0) is 25.5 Å². The van der Waals surface area contributed by atoms with E-state index < -0.39 is 36.5 Å². The van der Waals surface area contributed by atoms with Gasteiger partial charge < -0.3 is 18.9 Å². The number of esters is 2. The molecule has 0 aliphatic carbocycles. The Morgan fingerprint density at radius 2 is 2.00 bits per heavy atom. The molecular weight excluding hydrogens is 360 g/mol. The molecule has 1 aliphatic rings. The summed E-state index contributed by atoms with van der Waals surface area (Å²) in [6, 6.07) is 7.10. The summed E-state index contributed by atoms with van der Waals surface area (Å²) in [7, 11) is 1.53. The van der Waals surface area contributed by atoms with Crippen LogP contribution in [-0.4, -0.2) is 43.7 Å². The lowest BCUT2D eigenvalue weighted by Crippen LogP contribution is -2.50. The number of hydrogen-bond acceptors (Lipinski definition) is 6. The number of carbonyl (C=O) groups excluding carboxylic acids is 2. The lowest BCUT2D eigenvalue weighted by molar-refractivity contribution is -0.239. The Hall–Kier alpha value is -2.36. The summed E-state index contributed by atoms with van der Waals surface area (Å²) in [6.07, 6.45) is 0.929. The van der Waals surface area contributed by atoms with E-state index in [1.54, 1.807) is 25.1 Å². The molecule has 1 heterocycles. The molecule has 0 unspecified atom stereocenters. The summed E-state index contributed by atoms with van der Waals surface area (Å²) in [5.74, 6) is 5.23. The number of methoxy groups -OCH3 is 1. The van der Waals surface area contributed by atoms with Gasteiger partial charge >= 0.3 is 11.9 Å². The van der Waals surface area contributed by atoms with E-state index in [9.17, 15) is 9.59 Å². The molecule has 4 atom stereocenters. The highest BCUT2D eigenvalue weighted by atomic mass is 16.7. The summed E-state index contributed by atoms with van der Waals surface area (Å²) in [4.78, 5) is 24.0. The Morgan fingerprint density at radius 1 is 1.25 bits per heavy atom. The van der Waals surface area contributed by atoms with E-state index in [2.05, 4.69) is 18.8 Å². The number of unbranched alkanes of at least 4 members (excludes halogenated alkanes) is 2. The molecule has 0 radical (unpaired) electrons. The second-order valence-corrected chi connectivity index (χ2v) is 6.71. The van der Waals surface area contributed by atoms with E-state index >= 15 is 0 Å². The summed E-state index contributed by atoms with van der Waals surface area (Å²) in [6.45, 7) is 5.20. The minimum absolute atomic E-state index is 0.273. The van der Waals surface area contributed by atoms with Crippen LogP contribution < -0.4 is 0 Å². The van der Waals surface area contributed by atoms with Crippen molar-refractivity contribution in [1.82, 2.24) is 0 Å². The SMILES string of the molecule is CCCCC#Cc1ccccc1C(=O)O[C@H]1C[C@H](OC)[C@@H](OC(C)=O)[C@H](C)O1. The zero-order chi connectivity index (χ0) is 20.5. The molecular formula is C22H28O6.